The summed E-state index contributed by atoms with van der Waals surface area (Å²) in [5.41, 5.74) is 4.14. The van der Waals surface area contributed by atoms with Crippen molar-refractivity contribution in [2.24, 2.45) is 142 Å². The summed E-state index contributed by atoms with van der Waals surface area (Å²) in [7, 11) is 0. The van der Waals surface area contributed by atoms with Gasteiger partial charge in [0.25, 0.3) is 0 Å². The summed E-state index contributed by atoms with van der Waals surface area (Å²) in [5.74, 6) is 25.2. The van der Waals surface area contributed by atoms with Crippen molar-refractivity contribution in [3.63, 3.8) is 0 Å². The van der Waals surface area contributed by atoms with Gasteiger partial charge in [0.15, 0.2) is 0 Å². The van der Waals surface area contributed by atoms with Crippen LogP contribution < -0.4 is 0 Å². The monoisotopic (exact) mass is 1030 g/mol. The lowest BCUT2D eigenvalue weighted by atomic mass is 9.38. The molecule has 0 N–H and O–H groups in total. The average molecular weight is 1040 g/mol. The first-order valence-corrected chi connectivity index (χ1v) is 37.2. The predicted octanol–water partition coefficient (Wildman–Crippen LogP) is 22.5. The molecule has 0 nitrogen and oxygen atoms in total. The van der Waals surface area contributed by atoms with Gasteiger partial charge in [-0.15, -0.1) is 0 Å². The first-order valence-electron chi connectivity index (χ1n) is 37.2. The smallest absolute Gasteiger partial charge is 0.0199 e. The van der Waals surface area contributed by atoms with Gasteiger partial charge in [-0.25, -0.2) is 0 Å². The Morgan fingerprint density at radius 2 is 0.355 bits per heavy atom. The van der Waals surface area contributed by atoms with Gasteiger partial charge >= 0.3 is 0 Å². The lowest BCUT2D eigenvalue weighted by molar-refractivity contribution is -0.184. The molecule has 76 heavy (non-hydrogen) atoms. The van der Waals surface area contributed by atoms with Gasteiger partial charge in [0.05, 0.1) is 0 Å². The molecule has 14 aliphatic rings. The van der Waals surface area contributed by atoms with Crippen LogP contribution in [-0.2, 0) is 0 Å². The van der Waals surface area contributed by atoms with E-state index in [1.165, 1.54) is 128 Å². The second kappa shape index (κ2) is 24.7. The average Bonchev–Trinajstić information content (AvgIpc) is 3.63. The van der Waals surface area contributed by atoms with Crippen LogP contribution in [0.4, 0.5) is 0 Å². The maximum absolute atomic E-state index is 3.16. The minimum Gasteiger partial charge on any atom is -0.0814 e. The molecule has 426 valence electrons. The number of hydrogen-bond acceptors (Lipinski definition) is 0. The van der Waals surface area contributed by atoms with Crippen LogP contribution in [-0.4, -0.2) is 0 Å². The zero-order valence-electron chi connectivity index (χ0n) is 50.0. The van der Waals surface area contributed by atoms with E-state index in [1.54, 1.807) is 180 Å². The Balaban J connectivity index is 0.756. The van der Waals surface area contributed by atoms with E-state index >= 15 is 0 Å². The van der Waals surface area contributed by atoms with Crippen LogP contribution in [0, 0.1) is 142 Å². The van der Waals surface area contributed by atoms with Crippen LogP contribution in [0.2, 0.25) is 0 Å². The highest BCUT2D eigenvalue weighted by Gasteiger charge is 2.63. The molecule has 14 saturated carbocycles. The van der Waals surface area contributed by atoms with Crippen molar-refractivity contribution in [2.75, 3.05) is 0 Å². The minimum absolute atomic E-state index is 0.929. The highest BCUT2D eigenvalue weighted by Crippen LogP contribution is 2.70. The van der Waals surface area contributed by atoms with E-state index in [0.29, 0.717) is 0 Å². The number of hydrogen-bond donors (Lipinski definition) is 0. The third-order valence-electron chi connectivity index (χ3n) is 29.6. The maximum Gasteiger partial charge on any atom is -0.0199 e. The molecule has 0 aromatic rings. The fraction of sp³-hybridized carbons (Fsp3) is 0.947. The summed E-state index contributed by atoms with van der Waals surface area (Å²) in [4.78, 5) is 0. The van der Waals surface area contributed by atoms with Crippen molar-refractivity contribution in [1.82, 2.24) is 0 Å². The van der Waals surface area contributed by atoms with Crippen LogP contribution in [0.3, 0.4) is 0 Å². The van der Waals surface area contributed by atoms with Gasteiger partial charge in [-0.1, -0.05) is 177 Å². The molecule has 0 aliphatic heterocycles. The normalized spacial score (nSPS) is 47.1. The zero-order chi connectivity index (χ0) is 50.4. The summed E-state index contributed by atoms with van der Waals surface area (Å²) in [6.45, 7) is 0. The fourth-order valence-electron chi connectivity index (χ4n) is 27.2. The van der Waals surface area contributed by atoms with Crippen molar-refractivity contribution in [1.29, 1.82) is 0 Å². The SMILES string of the molecule is C(=C(C1CCCCC1)C1CCCCC1)C1CCC(C2C3CCCCC3C(C3C4CCCCC4C(C4CCC(C=C(C5CCCCC5)C5CCCCC5)C5CCCCC54)C4CCCCC43)C3CCCCC32)C2CCCCC12. The largest absolute Gasteiger partial charge is 0.0814 e. The van der Waals surface area contributed by atoms with Gasteiger partial charge in [0, 0.05) is 0 Å². The van der Waals surface area contributed by atoms with E-state index in [9.17, 15) is 0 Å². The molecule has 14 aliphatic carbocycles. The molecule has 0 heteroatoms. The highest BCUT2D eigenvalue weighted by atomic mass is 14.7. The molecule has 0 aromatic heterocycles. The number of rotatable bonds is 9. The molecule has 0 saturated heterocycles. The molecule has 0 aromatic carbocycles. The molecule has 0 heterocycles. The van der Waals surface area contributed by atoms with E-state index in [1.807, 2.05) is 0 Å². The van der Waals surface area contributed by atoms with Gasteiger partial charge in [-0.3, -0.25) is 0 Å². The molecule has 0 bridgehead atoms. The van der Waals surface area contributed by atoms with Gasteiger partial charge in [-0.2, -0.15) is 0 Å². The molecule has 14 fully saturated rings. The second-order valence-electron chi connectivity index (χ2n) is 32.5. The van der Waals surface area contributed by atoms with E-state index in [-0.39, 0.29) is 0 Å². The summed E-state index contributed by atoms with van der Waals surface area (Å²) < 4.78 is 0. The zero-order valence-corrected chi connectivity index (χ0v) is 50.0. The van der Waals surface area contributed by atoms with E-state index in [0.717, 1.165) is 142 Å². The topological polar surface area (TPSA) is 0 Å². The van der Waals surface area contributed by atoms with Gasteiger partial charge in [0.1, 0.15) is 0 Å². The summed E-state index contributed by atoms with van der Waals surface area (Å²) in [6, 6.07) is 0. The number of allylic oxidation sites excluding steroid dienone is 4. The van der Waals surface area contributed by atoms with Crippen molar-refractivity contribution in [3.05, 3.63) is 23.3 Å². The predicted molar refractivity (Wildman–Crippen MR) is 322 cm³/mol. The maximum atomic E-state index is 3.16. The first-order chi connectivity index (χ1) is 37.8. The van der Waals surface area contributed by atoms with Crippen LogP contribution in [0.1, 0.15) is 308 Å². The molecular formula is C76H122. The Hall–Kier alpha value is -0.520. The van der Waals surface area contributed by atoms with Crippen LogP contribution >= 0.6 is 0 Å². The van der Waals surface area contributed by atoms with Crippen molar-refractivity contribution in [3.8, 4) is 0 Å². The second-order valence-corrected chi connectivity index (χ2v) is 32.5. The third kappa shape index (κ3) is 10.5. The summed E-state index contributed by atoms with van der Waals surface area (Å²) >= 11 is 0. The first kappa shape index (κ1) is 53.5. The molecule has 14 rings (SSSR count). The lowest BCUT2D eigenvalue weighted by Gasteiger charge is -2.67. The molecular weight excluding hydrogens is 913 g/mol. The Kier molecular flexibility index (Phi) is 17.4. The molecule has 0 radical (unpaired) electrons. The molecule has 16 atom stereocenters. The van der Waals surface area contributed by atoms with Crippen LogP contribution in [0.25, 0.3) is 0 Å². The minimum atomic E-state index is 0.929. The van der Waals surface area contributed by atoms with Gasteiger partial charge in [-0.05, 0) is 296 Å². The molecule has 16 unspecified atom stereocenters. The lowest BCUT2D eigenvalue weighted by Crippen LogP contribution is -2.61. The Bertz CT molecular complexity index is 1670. The van der Waals surface area contributed by atoms with Gasteiger partial charge < -0.3 is 0 Å². The molecule has 0 amide bonds. The Morgan fingerprint density at radius 3 is 0.618 bits per heavy atom. The van der Waals surface area contributed by atoms with E-state index in [4.69, 9.17) is 0 Å². The van der Waals surface area contributed by atoms with E-state index < -0.39 is 0 Å². The summed E-state index contributed by atoms with van der Waals surface area (Å²) in [6.07, 6.45) is 82.0. The van der Waals surface area contributed by atoms with E-state index in [2.05, 4.69) is 23.3 Å². The quantitative estimate of drug-likeness (QED) is 0.202. The van der Waals surface area contributed by atoms with Crippen LogP contribution in [0.15, 0.2) is 23.3 Å². The Labute approximate surface area is 471 Å². The van der Waals surface area contributed by atoms with Crippen molar-refractivity contribution in [2.45, 2.75) is 308 Å². The van der Waals surface area contributed by atoms with Gasteiger partial charge in [0.2, 0.25) is 0 Å². The fourth-order valence-corrected chi connectivity index (χ4v) is 27.2. The number of fused-ring (bicyclic) bond motifs is 6. The van der Waals surface area contributed by atoms with Crippen molar-refractivity contribution >= 4 is 0 Å². The molecule has 0 spiro atoms. The Morgan fingerprint density at radius 1 is 0.158 bits per heavy atom. The van der Waals surface area contributed by atoms with Crippen LogP contribution in [0.5, 0.6) is 0 Å². The third-order valence-corrected chi connectivity index (χ3v) is 29.6. The standard InChI is InChI=1S/C76H122/c1-5-25-51(26-6-1)71(52-27-7-2-8-28-52)49-55-45-47-69(59-35-15-13-33-57(55)59)73-61-37-17-21-41-65(61)75(66-42-22-18-38-62(66)73)76-67-43-23-19-39-63(67)74(64-40-20-24-44-68(64)76)70-48-46-56(58-34-14-16-36-60(58)70)50-72(53-29-9-3-10-30-53)54-31-11-4-12-32-54/h49-70,73-76H,1-48H2. The summed E-state index contributed by atoms with van der Waals surface area (Å²) in [5, 5.41) is 0. The highest BCUT2D eigenvalue weighted by molar-refractivity contribution is 5.20. The van der Waals surface area contributed by atoms with Crippen molar-refractivity contribution < 1.29 is 0 Å².